The predicted octanol–water partition coefficient (Wildman–Crippen LogP) is 0.183. The molecule has 0 aromatic rings. The summed E-state index contributed by atoms with van der Waals surface area (Å²) in [5, 5.41) is 14.2. The van der Waals surface area contributed by atoms with Gasteiger partial charge in [0.15, 0.2) is 11.6 Å². The Hall–Kier alpha value is -0.935. The van der Waals surface area contributed by atoms with Crippen LogP contribution in [0.4, 0.5) is 8.78 Å². The minimum atomic E-state index is -0.750. The van der Waals surface area contributed by atoms with Gasteiger partial charge in [-0.2, -0.15) is 0 Å². The van der Waals surface area contributed by atoms with Gasteiger partial charge in [-0.05, 0) is 17.7 Å². The molecule has 0 unspecified atom stereocenters. The molecule has 11 heavy (non-hydrogen) atoms. The Bertz CT molecular complexity index is 278. The zero-order valence-corrected chi connectivity index (χ0v) is 5.51. The predicted molar refractivity (Wildman–Crippen MR) is 36.9 cm³/mol. The van der Waals surface area contributed by atoms with Gasteiger partial charge in [0.1, 0.15) is 0 Å². The van der Waals surface area contributed by atoms with Crippen molar-refractivity contribution in [2.24, 2.45) is 0 Å². The van der Waals surface area contributed by atoms with Crippen molar-refractivity contribution in [3.05, 3.63) is 23.8 Å². The fourth-order valence-electron chi connectivity index (χ4n) is 0.757. The van der Waals surface area contributed by atoms with Crippen LogP contribution in [0.1, 0.15) is 0 Å². The average molecular weight is 158 g/mol. The molecule has 2 nitrogen and oxygen atoms in total. The normalized spacial score (nSPS) is 9.82. The van der Waals surface area contributed by atoms with Crippen LogP contribution in [-0.2, 0) is 0 Å². The second-order valence-corrected chi connectivity index (χ2v) is 1.96. The summed E-state index contributed by atoms with van der Waals surface area (Å²) in [6.45, 7) is 0. The van der Waals surface area contributed by atoms with E-state index in [-0.39, 0.29) is 0 Å². The lowest BCUT2D eigenvalue weighted by molar-refractivity contribution is 0.448. The van der Waals surface area contributed by atoms with E-state index in [0.717, 1.165) is 0 Å². The van der Waals surface area contributed by atoms with E-state index in [0.29, 0.717) is 11.1 Å². The first-order chi connectivity index (χ1) is 5.20. The van der Waals surface area contributed by atoms with Crippen LogP contribution in [0.25, 0.3) is 11.1 Å². The molecule has 0 bridgehead atoms. The summed E-state index contributed by atoms with van der Waals surface area (Å²) in [4.78, 5) is 0. The highest BCUT2D eigenvalue weighted by Gasteiger charge is 2.22. The van der Waals surface area contributed by atoms with E-state index in [9.17, 15) is 8.78 Å². The Morgan fingerprint density at radius 2 is 1.73 bits per heavy atom. The van der Waals surface area contributed by atoms with Gasteiger partial charge in [-0.15, -0.1) is 0 Å². The summed E-state index contributed by atoms with van der Waals surface area (Å²) in [6, 6.07) is 2.81. The van der Waals surface area contributed by atoms with Crippen LogP contribution < -0.4 is 0 Å². The number of halogens is 2. The van der Waals surface area contributed by atoms with Gasteiger partial charge in [-0.3, -0.25) is 0 Å². The maximum absolute atomic E-state index is 12.1. The molecule has 0 atom stereocenters. The molecular weight excluding hydrogens is 153 g/mol. The Balaban J connectivity index is 0.000000179. The Morgan fingerprint density at radius 1 is 1.18 bits per heavy atom. The van der Waals surface area contributed by atoms with Crippen LogP contribution in [-0.4, -0.2) is 17.7 Å². The third-order valence-corrected chi connectivity index (χ3v) is 1.26. The second-order valence-electron chi connectivity index (χ2n) is 1.96. The van der Waals surface area contributed by atoms with Crippen LogP contribution in [0.15, 0.2) is 12.1 Å². The van der Waals surface area contributed by atoms with Crippen LogP contribution in [0.3, 0.4) is 0 Å². The standard InChI is InChI=1S/C6H2F2.BH3O2/c7-5-2-3-1-4(3)6(5)8;2-1-3/h1-2H;1-3H. The van der Waals surface area contributed by atoms with Crippen LogP contribution in [0.2, 0.25) is 0 Å². The first-order valence-corrected chi connectivity index (χ1v) is 2.92. The molecule has 0 aliphatic heterocycles. The topological polar surface area (TPSA) is 40.5 Å². The summed E-state index contributed by atoms with van der Waals surface area (Å²) in [6.07, 6.45) is 0. The third kappa shape index (κ3) is 1.55. The van der Waals surface area contributed by atoms with E-state index in [2.05, 4.69) is 0 Å². The zero-order chi connectivity index (χ0) is 8.43. The molecule has 0 heterocycles. The van der Waals surface area contributed by atoms with E-state index in [1.54, 1.807) is 6.07 Å². The molecule has 0 amide bonds. The van der Waals surface area contributed by atoms with Gasteiger partial charge in [-0.1, -0.05) is 0 Å². The Morgan fingerprint density at radius 3 is 1.91 bits per heavy atom. The smallest absolute Gasteiger partial charge is 0.430 e. The van der Waals surface area contributed by atoms with Gasteiger partial charge in [0, 0.05) is 5.56 Å². The van der Waals surface area contributed by atoms with Crippen LogP contribution in [0.5, 0.6) is 0 Å². The molecule has 0 radical (unpaired) electrons. The van der Waals surface area contributed by atoms with Crippen molar-refractivity contribution in [3.8, 4) is 11.1 Å². The molecule has 5 heteroatoms. The highest BCUT2D eigenvalue weighted by molar-refractivity contribution is 6.13. The van der Waals surface area contributed by atoms with Gasteiger partial charge in [-0.25, -0.2) is 8.78 Å². The highest BCUT2D eigenvalue weighted by Crippen LogP contribution is 2.38. The van der Waals surface area contributed by atoms with Gasteiger partial charge in [0.2, 0.25) is 0 Å². The van der Waals surface area contributed by atoms with E-state index in [4.69, 9.17) is 10.0 Å². The number of hydrogen-bond acceptors (Lipinski definition) is 2. The maximum Gasteiger partial charge on any atom is 0.432 e. The number of hydrogen-bond donors (Lipinski definition) is 2. The molecule has 58 valence electrons. The molecule has 2 aliphatic carbocycles. The number of rotatable bonds is 0. The van der Waals surface area contributed by atoms with Gasteiger partial charge in [0.05, 0.1) is 0 Å². The minimum Gasteiger partial charge on any atom is -0.430 e. The van der Waals surface area contributed by atoms with Crippen LogP contribution in [0, 0.1) is 11.6 Å². The summed E-state index contributed by atoms with van der Waals surface area (Å²) >= 11 is 0. The zero-order valence-electron chi connectivity index (χ0n) is 5.51. The largest absolute Gasteiger partial charge is 0.432 e. The monoisotopic (exact) mass is 158 g/mol. The van der Waals surface area contributed by atoms with Crippen molar-refractivity contribution in [3.63, 3.8) is 0 Å². The molecule has 0 fully saturated rings. The number of fused-ring (bicyclic) bond motifs is 1. The number of benzene rings is 1. The SMILES string of the molecule is Fc1cc2cc-2c1F.OBO. The first kappa shape index (κ1) is 8.16. The van der Waals surface area contributed by atoms with E-state index in [1.807, 2.05) is 0 Å². The molecule has 0 saturated heterocycles. The van der Waals surface area contributed by atoms with Crippen molar-refractivity contribution >= 4 is 7.69 Å². The van der Waals surface area contributed by atoms with Crippen molar-refractivity contribution in [2.75, 3.05) is 0 Å². The van der Waals surface area contributed by atoms with Crippen molar-refractivity contribution in [2.45, 2.75) is 0 Å². The lowest BCUT2D eigenvalue weighted by Gasteiger charge is -1.74. The van der Waals surface area contributed by atoms with Gasteiger partial charge >= 0.3 is 7.69 Å². The van der Waals surface area contributed by atoms with Gasteiger partial charge in [0.25, 0.3) is 0 Å². The quantitative estimate of drug-likeness (QED) is 0.537. The molecular formula is C6H5BF2O2. The summed E-state index contributed by atoms with van der Waals surface area (Å²) in [5.74, 6) is -1.42. The fraction of sp³-hybridized carbons (Fsp3) is 0. The van der Waals surface area contributed by atoms with E-state index >= 15 is 0 Å². The summed E-state index contributed by atoms with van der Waals surface area (Å²) < 4.78 is 24.1. The molecule has 2 N–H and O–H groups in total. The third-order valence-electron chi connectivity index (χ3n) is 1.26. The molecule has 2 rings (SSSR count). The van der Waals surface area contributed by atoms with E-state index < -0.39 is 19.3 Å². The minimum absolute atomic E-state index is 0.447. The summed E-state index contributed by atoms with van der Waals surface area (Å²) in [5.41, 5.74) is 1.16. The Kier molecular flexibility index (Phi) is 2.21. The molecule has 0 aromatic heterocycles. The molecule has 0 aromatic carbocycles. The maximum atomic E-state index is 12.1. The summed E-state index contributed by atoms with van der Waals surface area (Å²) in [7, 11) is -0.750. The van der Waals surface area contributed by atoms with Crippen molar-refractivity contribution < 1.29 is 18.8 Å². The van der Waals surface area contributed by atoms with Gasteiger partial charge < -0.3 is 10.0 Å². The fourth-order valence-corrected chi connectivity index (χ4v) is 0.757. The molecule has 2 aliphatic rings. The lowest BCUT2D eigenvalue weighted by atomic mass is 10.5. The van der Waals surface area contributed by atoms with Crippen molar-refractivity contribution in [1.29, 1.82) is 0 Å². The first-order valence-electron chi connectivity index (χ1n) is 2.92. The van der Waals surface area contributed by atoms with Crippen molar-refractivity contribution in [1.82, 2.24) is 0 Å². The van der Waals surface area contributed by atoms with Crippen LogP contribution >= 0.6 is 0 Å². The molecule has 0 spiro atoms. The highest BCUT2D eigenvalue weighted by atomic mass is 19.2. The lowest BCUT2D eigenvalue weighted by Crippen LogP contribution is -1.75. The average Bonchev–Trinajstić information content (AvgIpc) is 2.62. The van der Waals surface area contributed by atoms with E-state index in [1.165, 1.54) is 6.07 Å². The molecule has 0 saturated carbocycles. The second kappa shape index (κ2) is 2.98. The Labute approximate surface area is 62.4 Å².